The van der Waals surface area contributed by atoms with Crippen LogP contribution in [0.15, 0.2) is 33.5 Å². The monoisotopic (exact) mass is 357 g/mol. The van der Waals surface area contributed by atoms with Crippen LogP contribution >= 0.6 is 0 Å². The minimum atomic E-state index is -0.678. The van der Waals surface area contributed by atoms with Crippen molar-refractivity contribution in [3.05, 3.63) is 40.2 Å². The van der Waals surface area contributed by atoms with Gasteiger partial charge in [0.1, 0.15) is 23.0 Å². The average molecular weight is 357 g/mol. The molecule has 1 fully saturated rings. The first-order valence-electron chi connectivity index (χ1n) is 9.14. The maximum absolute atomic E-state index is 12.3. The second kappa shape index (κ2) is 6.34. The molecule has 0 spiro atoms. The normalized spacial score (nSPS) is 21.8. The summed E-state index contributed by atoms with van der Waals surface area (Å²) in [5.74, 6) is 0.660. The van der Waals surface area contributed by atoms with Crippen LogP contribution in [0.1, 0.15) is 45.1 Å². The van der Waals surface area contributed by atoms with E-state index >= 15 is 0 Å². The van der Waals surface area contributed by atoms with E-state index < -0.39 is 17.3 Å². The molecule has 0 saturated heterocycles. The molecule has 1 N–H and O–H groups in total. The third-order valence-corrected chi connectivity index (χ3v) is 5.28. The predicted octanol–water partition coefficient (Wildman–Crippen LogP) is 3.54. The third kappa shape index (κ3) is 3.28. The highest BCUT2D eigenvalue weighted by Crippen LogP contribution is 2.37. The largest absolute Gasteiger partial charge is 0.484 e. The average Bonchev–Trinajstić information content (AvgIpc) is 3.06. The van der Waals surface area contributed by atoms with Gasteiger partial charge in [0, 0.05) is 30.0 Å². The molecule has 0 unspecified atom stereocenters. The molecule has 1 aromatic heterocycles. The predicted molar refractivity (Wildman–Crippen MR) is 96.6 cm³/mol. The van der Waals surface area contributed by atoms with Crippen molar-refractivity contribution in [3.63, 3.8) is 0 Å². The van der Waals surface area contributed by atoms with Gasteiger partial charge in [-0.25, -0.2) is 9.59 Å². The van der Waals surface area contributed by atoms with Crippen LogP contribution in [-0.4, -0.2) is 23.8 Å². The fourth-order valence-electron chi connectivity index (χ4n) is 3.78. The Morgan fingerprint density at radius 3 is 2.77 bits per heavy atom. The number of hydrogen-bond acceptors (Lipinski definition) is 5. The van der Waals surface area contributed by atoms with Crippen LogP contribution in [0, 0.1) is 0 Å². The molecule has 1 atom stereocenters. The molecule has 138 valence electrons. The summed E-state index contributed by atoms with van der Waals surface area (Å²) in [6.45, 7) is 3.80. The zero-order valence-electron chi connectivity index (χ0n) is 15.0. The van der Waals surface area contributed by atoms with E-state index in [2.05, 4.69) is 5.32 Å². The molecule has 1 aliphatic carbocycles. The number of ether oxygens (including phenoxy) is 2. The lowest BCUT2D eigenvalue weighted by atomic mass is 9.90. The van der Waals surface area contributed by atoms with Crippen molar-refractivity contribution in [3.8, 4) is 5.75 Å². The van der Waals surface area contributed by atoms with Gasteiger partial charge in [-0.05, 0) is 44.4 Å². The van der Waals surface area contributed by atoms with Crippen molar-refractivity contribution in [2.45, 2.75) is 63.7 Å². The van der Waals surface area contributed by atoms with E-state index in [9.17, 15) is 9.59 Å². The van der Waals surface area contributed by atoms with Crippen LogP contribution in [0.4, 0.5) is 4.79 Å². The summed E-state index contributed by atoms with van der Waals surface area (Å²) in [4.78, 5) is 23.7. The van der Waals surface area contributed by atoms with Crippen molar-refractivity contribution in [1.82, 2.24) is 5.32 Å². The summed E-state index contributed by atoms with van der Waals surface area (Å²) in [5.41, 5.74) is 0.356. The maximum atomic E-state index is 12.3. The van der Waals surface area contributed by atoms with Gasteiger partial charge in [-0.2, -0.15) is 0 Å². The number of hydrogen-bond donors (Lipinski definition) is 1. The molecule has 4 rings (SSSR count). The highest BCUT2D eigenvalue weighted by Gasteiger charge is 2.40. The number of benzene rings is 1. The number of carbonyl (C=O) groups is 1. The number of alkyl carbamates (subject to hydrolysis) is 1. The molecule has 2 aromatic rings. The minimum Gasteiger partial charge on any atom is -0.484 e. The van der Waals surface area contributed by atoms with Gasteiger partial charge in [0.15, 0.2) is 0 Å². The fraction of sp³-hybridized carbons (Fsp3) is 0.500. The molecule has 1 aromatic carbocycles. The number of amides is 1. The summed E-state index contributed by atoms with van der Waals surface area (Å²) in [6.07, 6.45) is 4.10. The Morgan fingerprint density at radius 1 is 1.23 bits per heavy atom. The first-order chi connectivity index (χ1) is 12.4. The lowest BCUT2D eigenvalue weighted by molar-refractivity contribution is -0.0500. The van der Waals surface area contributed by atoms with E-state index in [0.29, 0.717) is 17.8 Å². The van der Waals surface area contributed by atoms with Gasteiger partial charge >= 0.3 is 11.7 Å². The van der Waals surface area contributed by atoms with Gasteiger partial charge in [0.2, 0.25) is 0 Å². The lowest BCUT2D eigenvalue weighted by Gasteiger charge is -2.39. The first kappa shape index (κ1) is 16.9. The zero-order chi connectivity index (χ0) is 18.3. The van der Waals surface area contributed by atoms with E-state index in [1.807, 2.05) is 19.9 Å². The molecule has 0 radical (unpaired) electrons. The number of carbonyl (C=O) groups excluding carboxylic acids is 1. The Kier molecular flexibility index (Phi) is 4.13. The summed E-state index contributed by atoms with van der Waals surface area (Å²) in [6, 6.07) is 7.00. The van der Waals surface area contributed by atoms with Crippen molar-refractivity contribution in [2.24, 2.45) is 0 Å². The molecule has 2 aliphatic rings. The van der Waals surface area contributed by atoms with E-state index in [1.54, 1.807) is 12.1 Å². The van der Waals surface area contributed by atoms with Crippen LogP contribution < -0.4 is 15.7 Å². The van der Waals surface area contributed by atoms with Crippen molar-refractivity contribution in [2.75, 3.05) is 0 Å². The Morgan fingerprint density at radius 2 is 2.00 bits per heavy atom. The second-order valence-electron chi connectivity index (χ2n) is 7.68. The van der Waals surface area contributed by atoms with Gasteiger partial charge in [-0.3, -0.25) is 0 Å². The third-order valence-electron chi connectivity index (χ3n) is 5.28. The quantitative estimate of drug-likeness (QED) is 0.832. The summed E-state index contributed by atoms with van der Waals surface area (Å²) >= 11 is 0. The number of rotatable bonds is 2. The molecular weight excluding hydrogens is 334 g/mol. The highest BCUT2D eigenvalue weighted by atomic mass is 16.6. The van der Waals surface area contributed by atoms with Crippen LogP contribution in [0.2, 0.25) is 0 Å². The molecule has 6 nitrogen and oxygen atoms in total. The Labute approximate surface area is 151 Å². The molecule has 2 heterocycles. The summed E-state index contributed by atoms with van der Waals surface area (Å²) in [5, 5.41) is 3.78. The smallest absolute Gasteiger partial charge is 0.407 e. The molecule has 0 bridgehead atoms. The van der Waals surface area contributed by atoms with E-state index in [0.717, 1.165) is 36.6 Å². The van der Waals surface area contributed by atoms with Crippen molar-refractivity contribution >= 4 is 17.1 Å². The fourth-order valence-corrected chi connectivity index (χ4v) is 3.78. The minimum absolute atomic E-state index is 0.217. The highest BCUT2D eigenvalue weighted by molar-refractivity contribution is 5.79. The number of nitrogens with one attached hydrogen (secondary N) is 1. The topological polar surface area (TPSA) is 77.8 Å². The first-order valence-corrected chi connectivity index (χ1v) is 9.14. The molecule has 1 amide bonds. The standard InChI is InChI=1S/C20H23NO5/c1-20(2)17(25-19(23)21-14-5-3-4-6-14)10-13-9-12-7-8-18(22)24-15(12)11-16(13)26-20/h7-9,11,14,17H,3-6,10H2,1-2H3,(H,21,23)/t17-/m0/s1. The summed E-state index contributed by atoms with van der Waals surface area (Å²) in [7, 11) is 0. The van der Waals surface area contributed by atoms with Gasteiger partial charge in [0.05, 0.1) is 0 Å². The van der Waals surface area contributed by atoms with E-state index in [-0.39, 0.29) is 12.1 Å². The molecule has 26 heavy (non-hydrogen) atoms. The van der Waals surface area contributed by atoms with Crippen LogP contribution in [0.5, 0.6) is 5.75 Å². The molecule has 1 saturated carbocycles. The van der Waals surface area contributed by atoms with E-state index in [4.69, 9.17) is 13.9 Å². The Hall–Kier alpha value is -2.50. The van der Waals surface area contributed by atoms with Crippen molar-refractivity contribution in [1.29, 1.82) is 0 Å². The van der Waals surface area contributed by atoms with Gasteiger partial charge in [-0.15, -0.1) is 0 Å². The van der Waals surface area contributed by atoms with Crippen LogP contribution in [0.3, 0.4) is 0 Å². The van der Waals surface area contributed by atoms with Gasteiger partial charge < -0.3 is 19.2 Å². The van der Waals surface area contributed by atoms with Gasteiger partial charge in [0.25, 0.3) is 0 Å². The Bertz CT molecular complexity index is 895. The zero-order valence-corrected chi connectivity index (χ0v) is 15.0. The molecule has 6 heteroatoms. The van der Waals surface area contributed by atoms with Gasteiger partial charge in [-0.1, -0.05) is 12.8 Å². The molecule has 1 aliphatic heterocycles. The molecular formula is C20H23NO5. The Balaban J connectivity index is 1.55. The maximum Gasteiger partial charge on any atom is 0.407 e. The van der Waals surface area contributed by atoms with Crippen LogP contribution in [0.25, 0.3) is 11.0 Å². The lowest BCUT2D eigenvalue weighted by Crippen LogP contribution is -2.50. The van der Waals surface area contributed by atoms with Crippen molar-refractivity contribution < 1.29 is 18.7 Å². The van der Waals surface area contributed by atoms with Crippen LogP contribution in [-0.2, 0) is 11.2 Å². The van der Waals surface area contributed by atoms with E-state index in [1.165, 1.54) is 6.07 Å². The number of fused-ring (bicyclic) bond motifs is 2. The summed E-state index contributed by atoms with van der Waals surface area (Å²) < 4.78 is 17.0. The second-order valence-corrected chi connectivity index (χ2v) is 7.68. The SMILES string of the molecule is CC1(C)Oc2cc3oc(=O)ccc3cc2C[C@@H]1OC(=O)NC1CCCC1.